The van der Waals surface area contributed by atoms with E-state index in [-0.39, 0.29) is 12.3 Å². The molecule has 0 saturated heterocycles. The number of rotatable bonds is 8. The van der Waals surface area contributed by atoms with E-state index < -0.39 is 23.1 Å². The molecule has 0 fully saturated rings. The predicted molar refractivity (Wildman–Crippen MR) is 156 cm³/mol. The molecule has 0 radical (unpaired) electrons. The highest BCUT2D eigenvalue weighted by Crippen LogP contribution is 2.37. The van der Waals surface area contributed by atoms with Gasteiger partial charge in [-0.25, -0.2) is 4.79 Å². The van der Waals surface area contributed by atoms with Gasteiger partial charge in [0.1, 0.15) is 11.1 Å². The summed E-state index contributed by atoms with van der Waals surface area (Å²) in [5.41, 5.74) is 8.88. The molecule has 7 heteroatoms. The average Bonchev–Trinajstić information content (AvgIpc) is 2.97. The van der Waals surface area contributed by atoms with Crippen LogP contribution in [-0.4, -0.2) is 17.9 Å². The number of carbonyl (C=O) groups is 2. The van der Waals surface area contributed by atoms with Crippen LogP contribution in [-0.2, 0) is 15.1 Å². The summed E-state index contributed by atoms with van der Waals surface area (Å²) in [5.74, 6) is -0.923. The molecular weight excluding hydrogens is 502 g/mol. The quantitative estimate of drug-likeness (QED) is 0.195. The second-order valence-corrected chi connectivity index (χ2v) is 9.66. The number of fused-ring (bicyclic) bond motifs is 1. The third-order valence-electron chi connectivity index (χ3n) is 6.91. The lowest BCUT2D eigenvalue weighted by Crippen LogP contribution is -2.50. The van der Waals surface area contributed by atoms with E-state index in [1.54, 1.807) is 18.2 Å². The number of hydrogen-bond acceptors (Lipinski definition) is 5. The Labute approximate surface area is 231 Å². The van der Waals surface area contributed by atoms with Crippen LogP contribution in [0.1, 0.15) is 28.7 Å². The highest BCUT2D eigenvalue weighted by atomic mass is 16.4. The summed E-state index contributed by atoms with van der Waals surface area (Å²) in [5, 5.41) is 6.71. The van der Waals surface area contributed by atoms with Crippen molar-refractivity contribution in [1.29, 1.82) is 0 Å². The zero-order chi connectivity index (χ0) is 28.1. The summed E-state index contributed by atoms with van der Waals surface area (Å²) in [4.78, 5) is 38.3. The molecule has 4 N–H and O–H groups in total. The minimum absolute atomic E-state index is 0.248. The van der Waals surface area contributed by atoms with E-state index in [1.165, 1.54) is 6.07 Å². The Morgan fingerprint density at radius 3 is 1.85 bits per heavy atom. The Hall–Kier alpha value is -5.01. The molecule has 40 heavy (non-hydrogen) atoms. The zero-order valence-electron chi connectivity index (χ0n) is 22.0. The average molecular weight is 532 g/mol. The summed E-state index contributed by atoms with van der Waals surface area (Å²) < 4.78 is 5.27. The fourth-order valence-corrected chi connectivity index (χ4v) is 4.97. The molecule has 0 unspecified atom stereocenters. The lowest BCUT2D eigenvalue weighted by atomic mass is 9.77. The Bertz CT molecular complexity index is 1600. The topological polar surface area (TPSA) is 114 Å². The van der Waals surface area contributed by atoms with Crippen LogP contribution in [0, 0.1) is 6.92 Å². The summed E-state index contributed by atoms with van der Waals surface area (Å²) in [6.07, 6.45) is -0.248. The summed E-state index contributed by atoms with van der Waals surface area (Å²) in [6.45, 7) is 1.81. The summed E-state index contributed by atoms with van der Waals surface area (Å²) in [7, 11) is 0. The van der Waals surface area contributed by atoms with Gasteiger partial charge in [-0.05, 0) is 41.3 Å². The van der Waals surface area contributed by atoms with Gasteiger partial charge >= 0.3 is 5.63 Å². The lowest BCUT2D eigenvalue weighted by molar-refractivity contribution is -0.126. The van der Waals surface area contributed by atoms with Crippen LogP contribution in [0.15, 0.2) is 124 Å². The van der Waals surface area contributed by atoms with E-state index in [9.17, 15) is 14.4 Å². The minimum atomic E-state index is -1.12. The molecule has 1 heterocycles. The van der Waals surface area contributed by atoms with Crippen LogP contribution in [0.25, 0.3) is 11.0 Å². The Kier molecular flexibility index (Phi) is 7.57. The maximum absolute atomic E-state index is 13.6. The number of benzene rings is 4. The Morgan fingerprint density at radius 1 is 0.800 bits per heavy atom. The molecule has 7 nitrogen and oxygen atoms in total. The van der Waals surface area contributed by atoms with Crippen LogP contribution >= 0.6 is 0 Å². The van der Waals surface area contributed by atoms with Crippen molar-refractivity contribution in [2.24, 2.45) is 5.73 Å². The van der Waals surface area contributed by atoms with E-state index in [0.717, 1.165) is 27.6 Å². The van der Waals surface area contributed by atoms with Gasteiger partial charge < -0.3 is 20.8 Å². The summed E-state index contributed by atoms with van der Waals surface area (Å²) in [6, 6.07) is 34.4. The molecule has 1 aromatic heterocycles. The number of anilines is 1. The van der Waals surface area contributed by atoms with Crippen molar-refractivity contribution in [2.45, 2.75) is 24.9 Å². The first-order valence-corrected chi connectivity index (χ1v) is 13.0. The van der Waals surface area contributed by atoms with Gasteiger partial charge in [0.25, 0.3) is 0 Å². The number of nitrogens with two attached hydrogens (primary N) is 1. The van der Waals surface area contributed by atoms with Gasteiger partial charge in [0.15, 0.2) is 0 Å². The van der Waals surface area contributed by atoms with Crippen LogP contribution in [0.2, 0.25) is 0 Å². The van der Waals surface area contributed by atoms with Gasteiger partial charge in [0.05, 0.1) is 12.5 Å². The van der Waals surface area contributed by atoms with E-state index in [0.29, 0.717) is 11.3 Å². The van der Waals surface area contributed by atoms with E-state index in [4.69, 9.17) is 10.2 Å². The van der Waals surface area contributed by atoms with Crippen molar-refractivity contribution in [3.05, 3.63) is 148 Å². The maximum Gasteiger partial charge on any atom is 0.336 e. The van der Waals surface area contributed by atoms with E-state index >= 15 is 0 Å². The third kappa shape index (κ3) is 5.41. The molecule has 2 amide bonds. The molecule has 4 aromatic carbocycles. The van der Waals surface area contributed by atoms with E-state index in [2.05, 4.69) is 10.6 Å². The maximum atomic E-state index is 13.6. The van der Waals surface area contributed by atoms with Crippen LogP contribution in [0.4, 0.5) is 5.69 Å². The number of carbonyl (C=O) groups excluding carboxylic acids is 2. The Balaban J connectivity index is 1.41. The first-order valence-electron chi connectivity index (χ1n) is 13.0. The predicted octanol–water partition coefficient (Wildman–Crippen LogP) is 4.87. The fraction of sp³-hybridized carbons (Fsp3) is 0.121. The molecule has 200 valence electrons. The van der Waals surface area contributed by atoms with Crippen molar-refractivity contribution in [3.63, 3.8) is 0 Å². The lowest BCUT2D eigenvalue weighted by Gasteiger charge is -2.37. The van der Waals surface area contributed by atoms with Crippen molar-refractivity contribution < 1.29 is 14.0 Å². The SMILES string of the molecule is Cc1cc(=O)oc2cc(NC(=O)[C@@H](N)CC(=O)NC(c3ccccc3)(c3ccccc3)c3ccccc3)ccc12. The molecule has 0 aliphatic carbocycles. The normalized spacial score (nSPS) is 12.1. The third-order valence-corrected chi connectivity index (χ3v) is 6.91. The van der Waals surface area contributed by atoms with Crippen molar-refractivity contribution >= 4 is 28.5 Å². The largest absolute Gasteiger partial charge is 0.423 e. The first kappa shape index (κ1) is 26.6. The molecule has 5 rings (SSSR count). The molecule has 0 spiro atoms. The smallest absolute Gasteiger partial charge is 0.336 e. The number of nitrogens with one attached hydrogen (secondary N) is 2. The molecule has 0 saturated carbocycles. The van der Waals surface area contributed by atoms with Gasteiger partial charge in [-0.3, -0.25) is 9.59 Å². The van der Waals surface area contributed by atoms with Crippen molar-refractivity contribution in [3.8, 4) is 0 Å². The van der Waals surface area contributed by atoms with Gasteiger partial charge in [-0.15, -0.1) is 0 Å². The molecule has 0 aliphatic heterocycles. The van der Waals surface area contributed by atoms with Gasteiger partial charge in [0.2, 0.25) is 11.8 Å². The molecule has 1 atom stereocenters. The van der Waals surface area contributed by atoms with Crippen molar-refractivity contribution in [2.75, 3.05) is 5.32 Å². The van der Waals surface area contributed by atoms with Gasteiger partial charge in [-0.1, -0.05) is 91.0 Å². The number of hydrogen-bond donors (Lipinski definition) is 3. The van der Waals surface area contributed by atoms with Crippen LogP contribution in [0.5, 0.6) is 0 Å². The number of aryl methyl sites for hydroxylation is 1. The zero-order valence-corrected chi connectivity index (χ0v) is 22.0. The minimum Gasteiger partial charge on any atom is -0.423 e. The molecule has 0 bridgehead atoms. The van der Waals surface area contributed by atoms with Crippen LogP contribution in [0.3, 0.4) is 0 Å². The standard InChI is InChI=1S/C33H29N3O4/c1-22-19-31(38)40-29-20-26(17-18-27(22)29)35-32(39)28(34)21-30(37)36-33(23-11-5-2-6-12-23,24-13-7-3-8-14-24)25-15-9-4-10-16-25/h2-20,28H,21,34H2,1H3,(H,35,39)(H,36,37)/t28-/m0/s1. The van der Waals surface area contributed by atoms with Crippen molar-refractivity contribution in [1.82, 2.24) is 5.32 Å². The monoisotopic (exact) mass is 531 g/mol. The highest BCUT2D eigenvalue weighted by molar-refractivity contribution is 5.99. The second-order valence-electron chi connectivity index (χ2n) is 9.66. The molecule has 0 aliphatic rings. The first-order chi connectivity index (χ1) is 19.4. The summed E-state index contributed by atoms with van der Waals surface area (Å²) >= 11 is 0. The second kappa shape index (κ2) is 11.4. The Morgan fingerprint density at radius 2 is 1.32 bits per heavy atom. The fourth-order valence-electron chi connectivity index (χ4n) is 4.97. The van der Waals surface area contributed by atoms with Crippen LogP contribution < -0.4 is 22.0 Å². The molecular formula is C33H29N3O4. The molecule has 5 aromatic rings. The van der Waals surface area contributed by atoms with Gasteiger partial charge in [-0.2, -0.15) is 0 Å². The number of amides is 2. The highest BCUT2D eigenvalue weighted by Gasteiger charge is 2.38. The van der Waals surface area contributed by atoms with Gasteiger partial charge in [0, 0.05) is 23.2 Å². The van der Waals surface area contributed by atoms with E-state index in [1.807, 2.05) is 97.9 Å².